The zero-order valence-electron chi connectivity index (χ0n) is 33.7. The molecule has 2 aromatic heterocycles. The van der Waals surface area contributed by atoms with Crippen LogP contribution in [0.1, 0.15) is 22.3 Å². The summed E-state index contributed by atoms with van der Waals surface area (Å²) in [5, 5.41) is 2.22. The number of fused-ring (bicyclic) bond motifs is 6. The molecule has 0 atom stereocenters. The second kappa shape index (κ2) is 14.5. The molecule has 0 saturated carbocycles. The molecule has 0 saturated heterocycles. The largest absolute Gasteiger partial charge is 0.455 e. The normalized spacial score (nSPS) is 12.6. The lowest BCUT2D eigenvalue weighted by Crippen LogP contribution is -2.28. The second-order valence-corrected chi connectivity index (χ2v) is 16.0. The third kappa shape index (κ3) is 5.67. The first-order chi connectivity index (χ1) is 30.7. The Kier molecular flexibility index (Phi) is 8.39. The van der Waals surface area contributed by atoms with Crippen molar-refractivity contribution >= 4 is 21.9 Å². The predicted octanol–water partition coefficient (Wildman–Crippen LogP) is 15.1. The van der Waals surface area contributed by atoms with Crippen LogP contribution in [0.2, 0.25) is 0 Å². The highest BCUT2D eigenvalue weighted by atomic mass is 16.3. The summed E-state index contributed by atoms with van der Waals surface area (Å²) in [5.74, 6) is 0.698. The molecule has 3 nitrogen and oxygen atoms in total. The third-order valence-electron chi connectivity index (χ3n) is 12.6. The van der Waals surface area contributed by atoms with Crippen molar-refractivity contribution in [3.63, 3.8) is 0 Å². The van der Waals surface area contributed by atoms with E-state index in [4.69, 9.17) is 14.4 Å². The molecule has 1 aliphatic carbocycles. The Morgan fingerprint density at radius 2 is 0.855 bits per heavy atom. The highest BCUT2D eigenvalue weighted by Crippen LogP contribution is 2.58. The van der Waals surface area contributed by atoms with Gasteiger partial charge in [0.15, 0.2) is 5.82 Å². The van der Waals surface area contributed by atoms with Gasteiger partial charge in [-0.05, 0) is 74.3 Å². The van der Waals surface area contributed by atoms with Gasteiger partial charge in [-0.2, -0.15) is 0 Å². The summed E-state index contributed by atoms with van der Waals surface area (Å²) >= 11 is 0. The molecule has 0 radical (unpaired) electrons. The van der Waals surface area contributed by atoms with Gasteiger partial charge in [0.05, 0.1) is 16.8 Å². The Morgan fingerprint density at radius 1 is 0.323 bits per heavy atom. The molecule has 2 heterocycles. The van der Waals surface area contributed by atoms with Crippen molar-refractivity contribution in [1.29, 1.82) is 0 Å². The van der Waals surface area contributed by atoms with Gasteiger partial charge in [0.1, 0.15) is 11.2 Å². The van der Waals surface area contributed by atoms with Crippen molar-refractivity contribution in [3.05, 3.63) is 253 Å². The summed E-state index contributed by atoms with van der Waals surface area (Å²) in [6.45, 7) is 0. The van der Waals surface area contributed by atoms with Gasteiger partial charge < -0.3 is 4.42 Å². The summed E-state index contributed by atoms with van der Waals surface area (Å²) in [6, 6.07) is 82.3. The van der Waals surface area contributed by atoms with E-state index in [0.29, 0.717) is 5.82 Å². The number of furan rings is 1. The van der Waals surface area contributed by atoms with Crippen LogP contribution in [-0.4, -0.2) is 9.97 Å². The van der Waals surface area contributed by atoms with Gasteiger partial charge in [-0.3, -0.25) is 0 Å². The summed E-state index contributed by atoms with van der Waals surface area (Å²) < 4.78 is 6.76. The molecule has 0 fully saturated rings. The summed E-state index contributed by atoms with van der Waals surface area (Å²) in [6.07, 6.45) is 0. The van der Waals surface area contributed by atoms with E-state index < -0.39 is 5.41 Å². The SMILES string of the molecule is c1ccc(-c2cc(-c3ccc(-c4cc5c(cc4-c4cccc6c4oc4ccccc46)-c4ccccc4C5(c4ccccc4)c4ccccc4)cc3)nc(-c3ccccc3)n2)cc1. The molecule has 0 unspecified atom stereocenters. The topological polar surface area (TPSA) is 38.9 Å². The van der Waals surface area contributed by atoms with Gasteiger partial charge in [-0.15, -0.1) is 0 Å². The molecule has 0 aliphatic heterocycles. The number of nitrogens with zero attached hydrogens (tertiary/aromatic N) is 2. The van der Waals surface area contributed by atoms with Gasteiger partial charge in [-0.25, -0.2) is 9.97 Å². The van der Waals surface area contributed by atoms with E-state index >= 15 is 0 Å². The number of rotatable bonds is 7. The first kappa shape index (κ1) is 35.8. The first-order valence-electron chi connectivity index (χ1n) is 21.1. The predicted molar refractivity (Wildman–Crippen MR) is 254 cm³/mol. The number of hydrogen-bond acceptors (Lipinski definition) is 3. The van der Waals surface area contributed by atoms with Crippen LogP contribution in [-0.2, 0) is 5.41 Å². The minimum Gasteiger partial charge on any atom is -0.455 e. The van der Waals surface area contributed by atoms with Crippen molar-refractivity contribution < 1.29 is 4.42 Å². The van der Waals surface area contributed by atoms with E-state index in [9.17, 15) is 0 Å². The van der Waals surface area contributed by atoms with Crippen molar-refractivity contribution in [2.24, 2.45) is 0 Å². The fraction of sp³-hybridized carbons (Fsp3) is 0.0169. The summed E-state index contributed by atoms with van der Waals surface area (Å²) in [7, 11) is 0. The van der Waals surface area contributed by atoms with E-state index in [1.807, 2.05) is 30.3 Å². The average molecular weight is 791 g/mol. The zero-order chi connectivity index (χ0) is 41.0. The molecule has 3 heteroatoms. The fourth-order valence-electron chi connectivity index (χ4n) is 9.80. The van der Waals surface area contributed by atoms with E-state index in [2.05, 4.69) is 200 Å². The molecule has 0 spiro atoms. The molecule has 62 heavy (non-hydrogen) atoms. The fourth-order valence-corrected chi connectivity index (χ4v) is 9.80. The minimum atomic E-state index is -0.546. The minimum absolute atomic E-state index is 0.546. The third-order valence-corrected chi connectivity index (χ3v) is 12.6. The molecule has 0 bridgehead atoms. The molecular weight excluding hydrogens is 753 g/mol. The van der Waals surface area contributed by atoms with Crippen molar-refractivity contribution in [1.82, 2.24) is 9.97 Å². The Hall–Kier alpha value is -8.14. The number of hydrogen-bond donors (Lipinski definition) is 0. The Bertz CT molecular complexity index is 3330. The summed E-state index contributed by atoms with van der Waals surface area (Å²) in [4.78, 5) is 10.2. The van der Waals surface area contributed by atoms with Gasteiger partial charge in [0, 0.05) is 33.0 Å². The average Bonchev–Trinajstić information content (AvgIpc) is 3.88. The van der Waals surface area contributed by atoms with Crippen LogP contribution in [0.3, 0.4) is 0 Å². The maximum absolute atomic E-state index is 6.76. The van der Waals surface area contributed by atoms with Gasteiger partial charge >= 0.3 is 0 Å². The zero-order valence-corrected chi connectivity index (χ0v) is 33.7. The molecule has 0 amide bonds. The highest BCUT2D eigenvalue weighted by Gasteiger charge is 2.46. The van der Waals surface area contributed by atoms with Crippen molar-refractivity contribution in [2.45, 2.75) is 5.41 Å². The lowest BCUT2D eigenvalue weighted by atomic mass is 9.67. The van der Waals surface area contributed by atoms with E-state index in [1.54, 1.807) is 0 Å². The Morgan fingerprint density at radius 3 is 1.55 bits per heavy atom. The van der Waals surface area contributed by atoms with E-state index in [0.717, 1.165) is 72.3 Å². The van der Waals surface area contributed by atoms with E-state index in [-0.39, 0.29) is 0 Å². The lowest BCUT2D eigenvalue weighted by molar-refractivity contribution is 0.670. The standard InChI is InChI=1S/C59H38N2O/c1-5-18-40(19-6-1)54-38-55(61-58(60-54)42-20-7-2-8-21-42)41-34-32-39(33-35-41)49-37-53-51(36-50(49)48-29-17-28-47-46-27-14-16-31-56(46)62-57(47)48)45-26-13-15-30-52(45)59(53,43-22-9-3-10-23-43)44-24-11-4-12-25-44/h1-38H. The highest BCUT2D eigenvalue weighted by molar-refractivity contribution is 6.11. The van der Waals surface area contributed by atoms with Crippen molar-refractivity contribution in [2.75, 3.05) is 0 Å². The molecule has 0 N–H and O–H groups in total. The van der Waals surface area contributed by atoms with Crippen molar-refractivity contribution in [3.8, 4) is 67.3 Å². The first-order valence-corrected chi connectivity index (χ1v) is 21.1. The number of aromatic nitrogens is 2. The maximum atomic E-state index is 6.76. The van der Waals surface area contributed by atoms with Crippen LogP contribution in [0, 0.1) is 0 Å². The molecule has 12 rings (SSSR count). The second-order valence-electron chi connectivity index (χ2n) is 16.0. The van der Waals surface area contributed by atoms with Crippen LogP contribution >= 0.6 is 0 Å². The quantitative estimate of drug-likeness (QED) is 0.161. The van der Waals surface area contributed by atoms with E-state index in [1.165, 1.54) is 33.4 Å². The van der Waals surface area contributed by atoms with Crippen LogP contribution in [0.5, 0.6) is 0 Å². The van der Waals surface area contributed by atoms with Crippen LogP contribution in [0.4, 0.5) is 0 Å². The molecule has 290 valence electrons. The molecule has 11 aromatic rings. The van der Waals surface area contributed by atoms with Crippen LogP contribution in [0.15, 0.2) is 235 Å². The maximum Gasteiger partial charge on any atom is 0.160 e. The summed E-state index contributed by atoms with van der Waals surface area (Å²) in [5.41, 5.74) is 17.9. The smallest absolute Gasteiger partial charge is 0.160 e. The monoisotopic (exact) mass is 790 g/mol. The Labute approximate surface area is 360 Å². The van der Waals surface area contributed by atoms with Gasteiger partial charge in [0.2, 0.25) is 0 Å². The number of para-hydroxylation sites is 2. The molecular formula is C59H38N2O. The Balaban J connectivity index is 1.11. The lowest BCUT2D eigenvalue weighted by Gasteiger charge is -2.34. The van der Waals surface area contributed by atoms with Gasteiger partial charge in [-0.1, -0.05) is 206 Å². The van der Waals surface area contributed by atoms with Gasteiger partial charge in [0.25, 0.3) is 0 Å². The molecule has 9 aromatic carbocycles. The molecule has 1 aliphatic rings. The van der Waals surface area contributed by atoms with Crippen LogP contribution < -0.4 is 0 Å². The van der Waals surface area contributed by atoms with Crippen LogP contribution in [0.25, 0.3) is 89.2 Å². The number of benzene rings is 9.